The Bertz CT molecular complexity index is 877. The number of carbonyl (C=O) groups is 3. The molecule has 188 valence electrons. The second-order valence-electron chi connectivity index (χ2n) is 9.67. The molecule has 0 bridgehead atoms. The fourth-order valence-corrected chi connectivity index (χ4v) is 3.91. The Morgan fingerprint density at radius 1 is 0.971 bits per heavy atom. The largest absolute Gasteiger partial charge is 0.486 e. The highest BCUT2D eigenvalue weighted by Crippen LogP contribution is 2.32. The van der Waals surface area contributed by atoms with Crippen molar-refractivity contribution in [2.24, 2.45) is 0 Å². The molecular weight excluding hydrogens is 438 g/mol. The molecule has 0 aliphatic carbocycles. The highest BCUT2D eigenvalue weighted by molar-refractivity contribution is 5.93. The second kappa shape index (κ2) is 11.5. The Kier molecular flexibility index (Phi) is 8.73. The summed E-state index contributed by atoms with van der Waals surface area (Å²) in [6.45, 7) is 12.4. The molecule has 0 radical (unpaired) electrons. The number of anilines is 1. The molecule has 34 heavy (non-hydrogen) atoms. The lowest BCUT2D eigenvalue weighted by atomic mass is 10.1. The molecule has 2 N–H and O–H groups in total. The minimum absolute atomic E-state index is 0.00605. The van der Waals surface area contributed by atoms with E-state index in [1.165, 1.54) is 0 Å². The Morgan fingerprint density at radius 3 is 2.29 bits per heavy atom. The van der Waals surface area contributed by atoms with Gasteiger partial charge in [-0.15, -0.1) is 0 Å². The van der Waals surface area contributed by atoms with E-state index >= 15 is 0 Å². The average molecular weight is 476 g/mol. The first-order chi connectivity index (χ1) is 16.1. The number of hydrogen-bond donors (Lipinski definition) is 2. The molecule has 0 spiro atoms. The summed E-state index contributed by atoms with van der Waals surface area (Å²) < 4.78 is 11.1. The van der Waals surface area contributed by atoms with Gasteiger partial charge in [-0.2, -0.15) is 0 Å². The van der Waals surface area contributed by atoms with Crippen molar-refractivity contribution in [2.45, 2.75) is 33.2 Å². The van der Waals surface area contributed by atoms with E-state index in [9.17, 15) is 14.4 Å². The molecule has 3 rings (SSSR count). The summed E-state index contributed by atoms with van der Waals surface area (Å²) in [6.07, 6.45) is 0. The maximum atomic E-state index is 12.8. The molecule has 2 aliphatic rings. The van der Waals surface area contributed by atoms with Gasteiger partial charge in [-0.1, -0.05) is 6.92 Å². The van der Waals surface area contributed by atoms with E-state index in [4.69, 9.17) is 9.47 Å². The summed E-state index contributed by atoms with van der Waals surface area (Å²) in [5.74, 6) is 1.07. The SMILES string of the molecule is CCN(CC(=O)Nc1ccc2c(c1)OCCO2)CC(=O)N1CCN(CC(=O)NC(C)(C)C)CC1. The zero-order valence-corrected chi connectivity index (χ0v) is 20.7. The van der Waals surface area contributed by atoms with Crippen molar-refractivity contribution < 1.29 is 23.9 Å². The molecule has 0 saturated carbocycles. The number of piperazine rings is 1. The molecule has 1 aromatic rings. The number of hydrogen-bond acceptors (Lipinski definition) is 7. The lowest BCUT2D eigenvalue weighted by Crippen LogP contribution is -2.54. The quantitative estimate of drug-likeness (QED) is 0.573. The third-order valence-electron chi connectivity index (χ3n) is 5.61. The predicted molar refractivity (Wildman–Crippen MR) is 129 cm³/mol. The number of benzene rings is 1. The number of fused-ring (bicyclic) bond motifs is 1. The molecule has 10 heteroatoms. The number of nitrogens with zero attached hydrogens (tertiary/aromatic N) is 3. The van der Waals surface area contributed by atoms with E-state index in [1.807, 2.05) is 32.6 Å². The van der Waals surface area contributed by atoms with Crippen LogP contribution < -0.4 is 20.1 Å². The van der Waals surface area contributed by atoms with Crippen molar-refractivity contribution in [1.82, 2.24) is 20.0 Å². The van der Waals surface area contributed by atoms with E-state index < -0.39 is 0 Å². The first kappa shape index (κ1) is 25.8. The van der Waals surface area contributed by atoms with Gasteiger partial charge in [-0.25, -0.2) is 0 Å². The van der Waals surface area contributed by atoms with Crippen molar-refractivity contribution in [1.29, 1.82) is 0 Å². The van der Waals surface area contributed by atoms with Crippen molar-refractivity contribution in [2.75, 3.05) is 70.9 Å². The molecule has 2 aliphatic heterocycles. The van der Waals surface area contributed by atoms with Crippen LogP contribution in [0.2, 0.25) is 0 Å². The van der Waals surface area contributed by atoms with Crippen molar-refractivity contribution in [3.05, 3.63) is 18.2 Å². The van der Waals surface area contributed by atoms with Gasteiger partial charge in [0.25, 0.3) is 0 Å². The lowest BCUT2D eigenvalue weighted by Gasteiger charge is -2.35. The van der Waals surface area contributed by atoms with Crippen molar-refractivity contribution in [3.8, 4) is 11.5 Å². The van der Waals surface area contributed by atoms with E-state index in [0.29, 0.717) is 69.7 Å². The van der Waals surface area contributed by atoms with E-state index in [1.54, 1.807) is 23.1 Å². The molecule has 3 amide bonds. The predicted octanol–water partition coefficient (Wildman–Crippen LogP) is 0.777. The maximum absolute atomic E-state index is 12.8. The first-order valence-electron chi connectivity index (χ1n) is 11.9. The first-order valence-corrected chi connectivity index (χ1v) is 11.9. The van der Waals surface area contributed by atoms with Crippen LogP contribution in [-0.4, -0.2) is 104 Å². The number of amides is 3. The Hall–Kier alpha value is -2.85. The number of ether oxygens (including phenoxy) is 2. The third-order valence-corrected chi connectivity index (χ3v) is 5.61. The van der Waals surface area contributed by atoms with Crippen molar-refractivity contribution >= 4 is 23.4 Å². The molecule has 0 unspecified atom stereocenters. The van der Waals surface area contributed by atoms with Crippen LogP contribution in [0, 0.1) is 0 Å². The second-order valence-corrected chi connectivity index (χ2v) is 9.67. The van der Waals surface area contributed by atoms with E-state index in [0.717, 1.165) is 0 Å². The maximum Gasteiger partial charge on any atom is 0.238 e. The molecule has 1 aromatic carbocycles. The van der Waals surface area contributed by atoms with Crippen LogP contribution in [0.1, 0.15) is 27.7 Å². The standard InChI is InChI=1S/C24H37N5O5/c1-5-27(15-21(30)25-18-6-7-19-20(14-18)34-13-12-33-19)17-23(32)29-10-8-28(9-11-29)16-22(31)26-24(2,3)4/h6-7,14H,5,8-13,15-17H2,1-4H3,(H,25,30)(H,26,31). The van der Waals surface area contributed by atoms with Crippen LogP contribution in [-0.2, 0) is 14.4 Å². The zero-order chi connectivity index (χ0) is 24.7. The highest BCUT2D eigenvalue weighted by Gasteiger charge is 2.25. The van der Waals surface area contributed by atoms with Gasteiger partial charge in [0.1, 0.15) is 13.2 Å². The monoisotopic (exact) mass is 475 g/mol. The van der Waals surface area contributed by atoms with Crippen LogP contribution in [0.25, 0.3) is 0 Å². The van der Waals surface area contributed by atoms with E-state index in [2.05, 4.69) is 15.5 Å². The van der Waals surface area contributed by atoms with Gasteiger partial charge in [-0.05, 0) is 39.4 Å². The molecule has 1 fully saturated rings. The normalized spacial score (nSPS) is 16.3. The smallest absolute Gasteiger partial charge is 0.238 e. The lowest BCUT2D eigenvalue weighted by molar-refractivity contribution is -0.134. The van der Waals surface area contributed by atoms with Crippen LogP contribution >= 0.6 is 0 Å². The average Bonchev–Trinajstić information content (AvgIpc) is 2.77. The van der Waals surface area contributed by atoms with Gasteiger partial charge in [0.05, 0.1) is 19.6 Å². The van der Waals surface area contributed by atoms with Gasteiger partial charge in [0.15, 0.2) is 11.5 Å². The van der Waals surface area contributed by atoms with Crippen LogP contribution in [0.4, 0.5) is 5.69 Å². The molecule has 0 atom stereocenters. The fourth-order valence-electron chi connectivity index (χ4n) is 3.91. The van der Waals surface area contributed by atoms with Gasteiger partial charge in [0, 0.05) is 43.5 Å². The van der Waals surface area contributed by atoms with Crippen molar-refractivity contribution in [3.63, 3.8) is 0 Å². The number of rotatable bonds is 8. The summed E-state index contributed by atoms with van der Waals surface area (Å²) in [4.78, 5) is 43.2. The van der Waals surface area contributed by atoms with E-state index in [-0.39, 0.29) is 36.3 Å². The molecule has 2 heterocycles. The van der Waals surface area contributed by atoms with Gasteiger partial charge in [-0.3, -0.25) is 24.2 Å². The van der Waals surface area contributed by atoms with Gasteiger partial charge >= 0.3 is 0 Å². The summed E-state index contributed by atoms with van der Waals surface area (Å²) in [6, 6.07) is 5.29. The Balaban J connectivity index is 1.42. The minimum Gasteiger partial charge on any atom is -0.486 e. The zero-order valence-electron chi connectivity index (χ0n) is 20.7. The topological polar surface area (TPSA) is 103 Å². The number of carbonyl (C=O) groups excluding carboxylic acids is 3. The summed E-state index contributed by atoms with van der Waals surface area (Å²) in [5.41, 5.74) is 0.371. The number of nitrogens with one attached hydrogen (secondary N) is 2. The highest BCUT2D eigenvalue weighted by atomic mass is 16.6. The Morgan fingerprint density at radius 2 is 1.65 bits per heavy atom. The molecule has 1 saturated heterocycles. The summed E-state index contributed by atoms with van der Waals surface area (Å²) >= 11 is 0. The Labute approximate surface area is 201 Å². The third kappa shape index (κ3) is 7.88. The molecule has 10 nitrogen and oxygen atoms in total. The van der Waals surface area contributed by atoms with Crippen LogP contribution in [0.15, 0.2) is 18.2 Å². The fraction of sp³-hybridized carbons (Fsp3) is 0.625. The summed E-state index contributed by atoms with van der Waals surface area (Å²) in [5, 5.41) is 5.83. The van der Waals surface area contributed by atoms with Crippen LogP contribution in [0.5, 0.6) is 11.5 Å². The summed E-state index contributed by atoms with van der Waals surface area (Å²) in [7, 11) is 0. The minimum atomic E-state index is -0.257. The molecule has 0 aromatic heterocycles. The van der Waals surface area contributed by atoms with Gasteiger partial charge in [0.2, 0.25) is 17.7 Å². The number of likely N-dealkylation sites (N-methyl/N-ethyl adjacent to an activating group) is 1. The molecular formula is C24H37N5O5. The van der Waals surface area contributed by atoms with Crippen LogP contribution in [0.3, 0.4) is 0 Å². The van der Waals surface area contributed by atoms with Gasteiger partial charge < -0.3 is 25.0 Å².